The molecule has 2 aromatic carbocycles. The van der Waals surface area contributed by atoms with Crippen molar-refractivity contribution >= 4 is 5.91 Å². The molecule has 110 valence electrons. The van der Waals surface area contributed by atoms with E-state index in [9.17, 15) is 4.79 Å². The highest BCUT2D eigenvalue weighted by molar-refractivity contribution is 5.95. The van der Waals surface area contributed by atoms with Crippen molar-refractivity contribution in [3.8, 4) is 5.75 Å². The molecule has 21 heavy (non-hydrogen) atoms. The Morgan fingerprint density at radius 2 is 1.86 bits per heavy atom. The first-order chi connectivity index (χ1) is 10.0. The molecule has 0 unspecified atom stereocenters. The van der Waals surface area contributed by atoms with Crippen molar-refractivity contribution in [1.82, 2.24) is 5.32 Å². The molecule has 1 amide bonds. The molecule has 0 saturated heterocycles. The molecule has 0 fully saturated rings. The van der Waals surface area contributed by atoms with Gasteiger partial charge in [-0.25, -0.2) is 0 Å². The van der Waals surface area contributed by atoms with Crippen molar-refractivity contribution in [2.75, 3.05) is 7.11 Å². The molecule has 0 aromatic heterocycles. The van der Waals surface area contributed by atoms with Crippen molar-refractivity contribution in [3.63, 3.8) is 0 Å². The highest BCUT2D eigenvalue weighted by Crippen LogP contribution is 2.26. The number of benzene rings is 2. The summed E-state index contributed by atoms with van der Waals surface area (Å²) >= 11 is 0. The predicted molar refractivity (Wildman–Crippen MR) is 84.8 cm³/mol. The molecule has 1 N–H and O–H groups in total. The minimum atomic E-state index is -0.119. The summed E-state index contributed by atoms with van der Waals surface area (Å²) in [5.41, 5.74) is 3.80. The van der Waals surface area contributed by atoms with Crippen molar-refractivity contribution < 1.29 is 9.53 Å². The van der Waals surface area contributed by atoms with Crippen LogP contribution in [0.25, 0.3) is 0 Å². The minimum absolute atomic E-state index is 0.0656. The lowest BCUT2D eigenvalue weighted by molar-refractivity contribution is 0.0939. The number of nitrogens with one attached hydrogen (secondary N) is 1. The van der Waals surface area contributed by atoms with Gasteiger partial charge in [-0.2, -0.15) is 0 Å². The maximum atomic E-state index is 12.4. The molecule has 3 heteroatoms. The van der Waals surface area contributed by atoms with E-state index in [4.69, 9.17) is 4.74 Å². The van der Waals surface area contributed by atoms with Crippen LogP contribution in [0.3, 0.4) is 0 Å². The first kappa shape index (κ1) is 15.1. The van der Waals surface area contributed by atoms with E-state index < -0.39 is 0 Å². The zero-order valence-corrected chi connectivity index (χ0v) is 12.9. The second-order valence-electron chi connectivity index (χ2n) is 5.26. The molecular weight excluding hydrogens is 262 g/mol. The van der Waals surface area contributed by atoms with Crippen LogP contribution in [0.5, 0.6) is 5.75 Å². The zero-order valence-electron chi connectivity index (χ0n) is 12.9. The molecule has 2 aromatic rings. The lowest BCUT2D eigenvalue weighted by Crippen LogP contribution is -2.27. The van der Waals surface area contributed by atoms with Gasteiger partial charge in [-0.1, -0.05) is 35.9 Å². The molecule has 2 rings (SSSR count). The van der Waals surface area contributed by atoms with Gasteiger partial charge in [0.05, 0.1) is 13.2 Å². The molecule has 3 nitrogen and oxygen atoms in total. The minimum Gasteiger partial charge on any atom is -0.496 e. The summed E-state index contributed by atoms with van der Waals surface area (Å²) in [4.78, 5) is 12.4. The van der Waals surface area contributed by atoms with Crippen LogP contribution >= 0.6 is 0 Å². The molecule has 0 heterocycles. The summed E-state index contributed by atoms with van der Waals surface area (Å²) in [5, 5.41) is 3.04. The fourth-order valence-corrected chi connectivity index (χ4v) is 2.37. The largest absolute Gasteiger partial charge is 0.496 e. The second kappa shape index (κ2) is 6.44. The standard InChI is InChI=1S/C18H21NO2/c1-12-9-10-17(21-4)16(11-12)14(3)19-18(20)15-8-6-5-7-13(15)2/h5-11,14H,1-4H3,(H,19,20)/t14-/m1/s1. The molecular formula is C18H21NO2. The number of rotatable bonds is 4. The van der Waals surface area contributed by atoms with E-state index in [0.29, 0.717) is 5.56 Å². The van der Waals surface area contributed by atoms with Gasteiger partial charge in [0, 0.05) is 11.1 Å². The summed E-state index contributed by atoms with van der Waals surface area (Å²) in [7, 11) is 1.64. The maximum absolute atomic E-state index is 12.4. The third kappa shape index (κ3) is 3.43. The Kier molecular flexibility index (Phi) is 4.63. The Hall–Kier alpha value is -2.29. The first-order valence-electron chi connectivity index (χ1n) is 7.04. The quantitative estimate of drug-likeness (QED) is 0.926. The van der Waals surface area contributed by atoms with E-state index in [1.165, 1.54) is 0 Å². The van der Waals surface area contributed by atoms with E-state index in [0.717, 1.165) is 22.4 Å². The van der Waals surface area contributed by atoms with E-state index in [1.54, 1.807) is 7.11 Å². The SMILES string of the molecule is COc1ccc(C)cc1[C@@H](C)NC(=O)c1ccccc1C. The third-order valence-electron chi connectivity index (χ3n) is 3.59. The molecule has 0 aliphatic heterocycles. The van der Waals surface area contributed by atoms with Gasteiger partial charge >= 0.3 is 0 Å². The van der Waals surface area contributed by atoms with Crippen molar-refractivity contribution in [2.45, 2.75) is 26.8 Å². The Morgan fingerprint density at radius 3 is 2.52 bits per heavy atom. The van der Waals surface area contributed by atoms with E-state index in [2.05, 4.69) is 5.32 Å². The molecule has 1 atom stereocenters. The molecule has 0 aliphatic rings. The molecule has 0 bridgehead atoms. The smallest absolute Gasteiger partial charge is 0.252 e. The lowest BCUT2D eigenvalue weighted by atomic mass is 10.0. The van der Waals surface area contributed by atoms with Crippen molar-refractivity contribution in [3.05, 3.63) is 64.7 Å². The highest BCUT2D eigenvalue weighted by Gasteiger charge is 2.16. The average Bonchev–Trinajstić information content (AvgIpc) is 2.47. The van der Waals surface area contributed by atoms with Crippen molar-refractivity contribution in [1.29, 1.82) is 0 Å². The Balaban J connectivity index is 2.22. The number of hydrogen-bond donors (Lipinski definition) is 1. The molecule has 0 saturated carbocycles. The number of carbonyl (C=O) groups is 1. The van der Waals surface area contributed by atoms with Gasteiger partial charge in [0.15, 0.2) is 0 Å². The predicted octanol–water partition coefficient (Wildman–Crippen LogP) is 3.80. The topological polar surface area (TPSA) is 38.3 Å². The summed E-state index contributed by atoms with van der Waals surface area (Å²) in [6, 6.07) is 13.4. The zero-order chi connectivity index (χ0) is 15.4. The number of hydrogen-bond acceptors (Lipinski definition) is 2. The monoisotopic (exact) mass is 283 g/mol. The van der Waals surface area contributed by atoms with Gasteiger partial charge in [0.1, 0.15) is 5.75 Å². The number of carbonyl (C=O) groups excluding carboxylic acids is 1. The van der Waals surface area contributed by atoms with Crippen LogP contribution in [0.15, 0.2) is 42.5 Å². The van der Waals surface area contributed by atoms with Gasteiger partial charge < -0.3 is 10.1 Å². The molecule has 0 spiro atoms. The summed E-state index contributed by atoms with van der Waals surface area (Å²) < 4.78 is 5.38. The maximum Gasteiger partial charge on any atom is 0.252 e. The Morgan fingerprint density at radius 1 is 1.14 bits per heavy atom. The highest BCUT2D eigenvalue weighted by atomic mass is 16.5. The average molecular weight is 283 g/mol. The van der Waals surface area contributed by atoms with Crippen LogP contribution in [0.4, 0.5) is 0 Å². The molecule has 0 radical (unpaired) electrons. The second-order valence-corrected chi connectivity index (χ2v) is 5.26. The van der Waals surface area contributed by atoms with E-state index >= 15 is 0 Å². The number of ether oxygens (including phenoxy) is 1. The number of methoxy groups -OCH3 is 1. The summed E-state index contributed by atoms with van der Waals surface area (Å²) in [6.45, 7) is 5.93. The van der Waals surface area contributed by atoms with Gasteiger partial charge in [0.2, 0.25) is 0 Å². The summed E-state index contributed by atoms with van der Waals surface area (Å²) in [5.74, 6) is 0.724. The van der Waals surface area contributed by atoms with Gasteiger partial charge in [-0.3, -0.25) is 4.79 Å². The van der Waals surface area contributed by atoms with Crippen LogP contribution < -0.4 is 10.1 Å². The summed E-state index contributed by atoms with van der Waals surface area (Å²) in [6.07, 6.45) is 0. The van der Waals surface area contributed by atoms with E-state index in [-0.39, 0.29) is 11.9 Å². The normalized spacial score (nSPS) is 11.8. The Labute approximate surface area is 126 Å². The van der Waals surface area contributed by atoms with Crippen LogP contribution in [-0.4, -0.2) is 13.0 Å². The number of amides is 1. The first-order valence-corrected chi connectivity index (χ1v) is 7.04. The molecule has 0 aliphatic carbocycles. The van der Waals surface area contributed by atoms with Crippen LogP contribution in [-0.2, 0) is 0 Å². The Bertz CT molecular complexity index is 649. The van der Waals surface area contributed by atoms with Crippen LogP contribution in [0.2, 0.25) is 0 Å². The fourth-order valence-electron chi connectivity index (χ4n) is 2.37. The van der Waals surface area contributed by atoms with Crippen LogP contribution in [0.1, 0.15) is 40.0 Å². The van der Waals surface area contributed by atoms with Crippen LogP contribution in [0, 0.1) is 13.8 Å². The fraction of sp³-hybridized carbons (Fsp3) is 0.278. The van der Waals surface area contributed by atoms with Gasteiger partial charge in [0.25, 0.3) is 5.91 Å². The number of aryl methyl sites for hydroxylation is 2. The van der Waals surface area contributed by atoms with Gasteiger partial charge in [-0.05, 0) is 38.5 Å². The third-order valence-corrected chi connectivity index (χ3v) is 3.59. The van der Waals surface area contributed by atoms with Crippen molar-refractivity contribution in [2.24, 2.45) is 0 Å². The lowest BCUT2D eigenvalue weighted by Gasteiger charge is -2.18. The van der Waals surface area contributed by atoms with Gasteiger partial charge in [-0.15, -0.1) is 0 Å². The van der Waals surface area contributed by atoms with E-state index in [1.807, 2.05) is 63.2 Å².